The molecule has 0 amide bonds. The zero-order valence-electron chi connectivity index (χ0n) is 13.1. The van der Waals surface area contributed by atoms with Crippen molar-refractivity contribution in [3.63, 3.8) is 0 Å². The van der Waals surface area contributed by atoms with Gasteiger partial charge < -0.3 is 14.9 Å². The summed E-state index contributed by atoms with van der Waals surface area (Å²) in [6.45, 7) is 6.57. The van der Waals surface area contributed by atoms with E-state index in [4.69, 9.17) is 0 Å². The average molecular weight is 294 g/mol. The number of nitrogens with zero attached hydrogens (tertiary/aromatic N) is 2. The number of piperidine rings is 1. The van der Waals surface area contributed by atoms with Crippen molar-refractivity contribution in [2.45, 2.75) is 38.3 Å². The van der Waals surface area contributed by atoms with Crippen molar-refractivity contribution in [3.05, 3.63) is 35.6 Å². The summed E-state index contributed by atoms with van der Waals surface area (Å²) in [4.78, 5) is 4.84. The van der Waals surface area contributed by atoms with Gasteiger partial charge in [-0.3, -0.25) is 0 Å². The lowest BCUT2D eigenvalue weighted by molar-refractivity contribution is 0.104. The maximum atomic E-state index is 12.9. The number of likely N-dealkylation sites (tertiary alicyclic amines) is 1. The molecule has 3 nitrogen and oxygen atoms in total. The first-order chi connectivity index (χ1) is 10.1. The Morgan fingerprint density at radius 2 is 1.90 bits per heavy atom. The number of aliphatic hydroxyl groups excluding tert-OH is 1. The predicted octanol–water partition coefficient (Wildman–Crippen LogP) is 2.67. The Kier molecular flexibility index (Phi) is 6.15. The maximum Gasteiger partial charge on any atom is 0.123 e. The first-order valence-corrected chi connectivity index (χ1v) is 7.96. The largest absolute Gasteiger partial charge is 0.388 e. The molecule has 0 saturated carbocycles. The van der Waals surface area contributed by atoms with Crippen LogP contribution in [-0.4, -0.2) is 54.2 Å². The number of halogens is 1. The Labute approximate surface area is 127 Å². The molecule has 1 heterocycles. The fourth-order valence-corrected chi connectivity index (χ4v) is 3.04. The number of hydrogen-bond donors (Lipinski definition) is 1. The Morgan fingerprint density at radius 1 is 1.29 bits per heavy atom. The second kappa shape index (κ2) is 7.87. The van der Waals surface area contributed by atoms with Crippen LogP contribution in [0.2, 0.25) is 0 Å². The van der Waals surface area contributed by atoms with Gasteiger partial charge in [0.15, 0.2) is 0 Å². The Morgan fingerprint density at radius 3 is 2.48 bits per heavy atom. The van der Waals surface area contributed by atoms with Gasteiger partial charge in [-0.05, 0) is 63.6 Å². The standard InChI is InChI=1S/C17H27FN2O/c1-3-20-12-8-16(9-13-20)19(2)11-10-17(21)14-4-6-15(18)7-5-14/h4-7,16-17,21H,3,8-13H2,1-2H3. The van der Waals surface area contributed by atoms with Crippen molar-refractivity contribution in [2.75, 3.05) is 33.2 Å². The third-order valence-corrected chi connectivity index (χ3v) is 4.64. The molecule has 118 valence electrons. The fraction of sp³-hybridized carbons (Fsp3) is 0.647. The second-order valence-corrected chi connectivity index (χ2v) is 6.00. The van der Waals surface area contributed by atoms with E-state index in [-0.39, 0.29) is 5.82 Å². The molecule has 1 saturated heterocycles. The molecule has 4 heteroatoms. The first-order valence-electron chi connectivity index (χ1n) is 7.96. The Bertz CT molecular complexity index is 415. The van der Waals surface area contributed by atoms with Gasteiger partial charge in [-0.1, -0.05) is 19.1 Å². The minimum atomic E-state index is -0.510. The molecule has 0 aromatic heterocycles. The third kappa shape index (κ3) is 4.77. The first kappa shape index (κ1) is 16.4. The molecule has 1 aromatic rings. The lowest BCUT2D eigenvalue weighted by Gasteiger charge is -2.36. The van der Waals surface area contributed by atoms with Crippen LogP contribution in [0.4, 0.5) is 4.39 Å². The molecule has 1 aliphatic rings. The number of aliphatic hydroxyl groups is 1. The van der Waals surface area contributed by atoms with E-state index in [1.54, 1.807) is 12.1 Å². The van der Waals surface area contributed by atoms with Crippen molar-refractivity contribution in [1.29, 1.82) is 0 Å². The van der Waals surface area contributed by atoms with Gasteiger partial charge in [-0.2, -0.15) is 0 Å². The molecular weight excluding hydrogens is 267 g/mol. The molecule has 0 spiro atoms. The highest BCUT2D eigenvalue weighted by molar-refractivity contribution is 5.18. The molecule has 1 N–H and O–H groups in total. The minimum Gasteiger partial charge on any atom is -0.388 e. The third-order valence-electron chi connectivity index (χ3n) is 4.64. The van der Waals surface area contributed by atoms with Gasteiger partial charge in [0.05, 0.1) is 6.10 Å². The van der Waals surface area contributed by atoms with E-state index >= 15 is 0 Å². The highest BCUT2D eigenvalue weighted by Gasteiger charge is 2.22. The highest BCUT2D eigenvalue weighted by atomic mass is 19.1. The summed E-state index contributed by atoms with van der Waals surface area (Å²) in [5.41, 5.74) is 0.797. The number of rotatable bonds is 6. The lowest BCUT2D eigenvalue weighted by atomic mass is 10.0. The van der Waals surface area contributed by atoms with Crippen LogP contribution < -0.4 is 0 Å². The van der Waals surface area contributed by atoms with Crippen molar-refractivity contribution in [1.82, 2.24) is 9.80 Å². The summed E-state index contributed by atoms with van der Waals surface area (Å²) in [5, 5.41) is 10.2. The van der Waals surface area contributed by atoms with Gasteiger partial charge in [-0.15, -0.1) is 0 Å². The number of benzene rings is 1. The van der Waals surface area contributed by atoms with Crippen molar-refractivity contribution in [2.24, 2.45) is 0 Å². The van der Waals surface area contributed by atoms with Crippen LogP contribution in [0.5, 0.6) is 0 Å². The van der Waals surface area contributed by atoms with Crippen molar-refractivity contribution >= 4 is 0 Å². The van der Waals surface area contributed by atoms with Crippen LogP contribution in [0.15, 0.2) is 24.3 Å². The molecule has 1 unspecified atom stereocenters. The molecule has 1 fully saturated rings. The van der Waals surface area contributed by atoms with E-state index in [1.807, 2.05) is 0 Å². The van der Waals surface area contributed by atoms with Crippen LogP contribution in [0.25, 0.3) is 0 Å². The van der Waals surface area contributed by atoms with Crippen LogP contribution in [0, 0.1) is 5.82 Å². The summed E-state index contributed by atoms with van der Waals surface area (Å²) < 4.78 is 12.9. The molecule has 1 aliphatic heterocycles. The molecule has 1 atom stereocenters. The van der Waals surface area contributed by atoms with Crippen LogP contribution in [-0.2, 0) is 0 Å². The summed E-state index contributed by atoms with van der Waals surface area (Å²) in [6, 6.07) is 6.76. The number of hydrogen-bond acceptors (Lipinski definition) is 3. The SMILES string of the molecule is CCN1CCC(N(C)CCC(O)c2ccc(F)cc2)CC1. The predicted molar refractivity (Wildman–Crippen MR) is 83.7 cm³/mol. The topological polar surface area (TPSA) is 26.7 Å². The van der Waals surface area contributed by atoms with Gasteiger partial charge in [0.2, 0.25) is 0 Å². The summed E-state index contributed by atoms with van der Waals surface area (Å²) in [5.74, 6) is -0.259. The summed E-state index contributed by atoms with van der Waals surface area (Å²) in [6.07, 6.45) is 2.59. The maximum absolute atomic E-state index is 12.9. The molecule has 0 radical (unpaired) electrons. The van der Waals surface area contributed by atoms with Crippen molar-refractivity contribution < 1.29 is 9.50 Å². The highest BCUT2D eigenvalue weighted by Crippen LogP contribution is 2.20. The van der Waals surface area contributed by atoms with E-state index in [0.717, 1.165) is 18.7 Å². The van der Waals surface area contributed by atoms with E-state index in [0.29, 0.717) is 12.5 Å². The van der Waals surface area contributed by atoms with Gasteiger partial charge in [0.1, 0.15) is 5.82 Å². The van der Waals surface area contributed by atoms with E-state index in [9.17, 15) is 9.50 Å². The molecule has 0 aliphatic carbocycles. The molecule has 0 bridgehead atoms. The van der Waals surface area contributed by atoms with Gasteiger partial charge in [-0.25, -0.2) is 4.39 Å². The minimum absolute atomic E-state index is 0.259. The molecule has 2 rings (SSSR count). The second-order valence-electron chi connectivity index (χ2n) is 6.00. The van der Waals surface area contributed by atoms with Crippen LogP contribution >= 0.6 is 0 Å². The zero-order valence-corrected chi connectivity index (χ0v) is 13.1. The normalized spacial score (nSPS) is 19.1. The van der Waals surface area contributed by atoms with E-state index < -0.39 is 6.10 Å². The quantitative estimate of drug-likeness (QED) is 0.874. The van der Waals surface area contributed by atoms with Gasteiger partial charge >= 0.3 is 0 Å². The average Bonchev–Trinajstić information content (AvgIpc) is 2.53. The van der Waals surface area contributed by atoms with E-state index in [1.165, 1.54) is 38.1 Å². The van der Waals surface area contributed by atoms with Crippen molar-refractivity contribution in [3.8, 4) is 0 Å². The lowest BCUT2D eigenvalue weighted by Crippen LogP contribution is -2.43. The monoisotopic (exact) mass is 294 g/mol. The summed E-state index contributed by atoms with van der Waals surface area (Å²) in [7, 11) is 2.14. The van der Waals surface area contributed by atoms with Crippen LogP contribution in [0.1, 0.15) is 37.9 Å². The molecule has 21 heavy (non-hydrogen) atoms. The Balaban J connectivity index is 1.76. The van der Waals surface area contributed by atoms with E-state index in [2.05, 4.69) is 23.8 Å². The summed E-state index contributed by atoms with van der Waals surface area (Å²) >= 11 is 0. The zero-order chi connectivity index (χ0) is 15.2. The fourth-order valence-electron chi connectivity index (χ4n) is 3.04. The smallest absolute Gasteiger partial charge is 0.123 e. The van der Waals surface area contributed by atoms with Gasteiger partial charge in [0.25, 0.3) is 0 Å². The molecular formula is C17H27FN2O. The van der Waals surface area contributed by atoms with Gasteiger partial charge in [0, 0.05) is 12.6 Å². The molecule has 1 aromatic carbocycles. The Hall–Kier alpha value is -0.970. The van der Waals surface area contributed by atoms with Crippen LogP contribution in [0.3, 0.4) is 0 Å².